The molecule has 2 aromatic carbocycles. The van der Waals surface area contributed by atoms with Crippen molar-refractivity contribution in [1.29, 1.82) is 0 Å². The van der Waals surface area contributed by atoms with Gasteiger partial charge in [0, 0.05) is 23.8 Å². The van der Waals surface area contributed by atoms with Crippen molar-refractivity contribution in [3.05, 3.63) is 66.4 Å². The summed E-state index contributed by atoms with van der Waals surface area (Å²) in [4.78, 5) is 19.0. The van der Waals surface area contributed by atoms with Gasteiger partial charge in [0.1, 0.15) is 5.82 Å². The van der Waals surface area contributed by atoms with Crippen LogP contribution >= 0.6 is 0 Å². The number of anilines is 2. The fraction of sp³-hybridized carbons (Fsp3) is 0.200. The van der Waals surface area contributed by atoms with Crippen molar-refractivity contribution < 1.29 is 4.79 Å². The molecule has 4 rings (SSSR count). The van der Waals surface area contributed by atoms with Gasteiger partial charge in [-0.2, -0.15) is 0 Å². The Morgan fingerprint density at radius 2 is 1.92 bits per heavy atom. The number of amides is 1. The van der Waals surface area contributed by atoms with Gasteiger partial charge in [-0.3, -0.25) is 4.79 Å². The Labute approximate surface area is 141 Å². The van der Waals surface area contributed by atoms with Crippen molar-refractivity contribution in [2.24, 2.45) is 0 Å². The lowest BCUT2D eigenvalue weighted by Crippen LogP contribution is -2.39. The van der Waals surface area contributed by atoms with Crippen LogP contribution in [0.1, 0.15) is 12.0 Å². The third kappa shape index (κ3) is 2.71. The molecule has 1 N–H and O–H groups in total. The molecule has 0 fully saturated rings. The molecular weight excluding hydrogens is 298 g/mol. The Kier molecular flexibility index (Phi) is 3.87. The first-order chi connectivity index (χ1) is 11.8. The molecule has 0 saturated carbocycles. The highest BCUT2D eigenvalue weighted by molar-refractivity contribution is 5.99. The molecule has 1 aromatic heterocycles. The normalized spacial score (nSPS) is 13.6. The lowest BCUT2D eigenvalue weighted by Gasteiger charge is -2.29. The van der Waals surface area contributed by atoms with E-state index in [-0.39, 0.29) is 12.5 Å². The number of hydrogen-bond acceptors (Lipinski definition) is 3. The van der Waals surface area contributed by atoms with Gasteiger partial charge < -0.3 is 10.2 Å². The molecule has 0 bridgehead atoms. The lowest BCUT2D eigenvalue weighted by atomic mass is 10.0. The number of aromatic nitrogens is 1. The summed E-state index contributed by atoms with van der Waals surface area (Å²) in [5.74, 6) is 0.837. The largest absolute Gasteiger partial charge is 0.360 e. The van der Waals surface area contributed by atoms with Crippen molar-refractivity contribution in [3.8, 4) is 0 Å². The second-order valence-corrected chi connectivity index (χ2v) is 6.01. The molecule has 0 unspecified atom stereocenters. The van der Waals surface area contributed by atoms with Crippen LogP contribution in [0.4, 0.5) is 11.5 Å². The Balaban J connectivity index is 1.53. The maximum absolute atomic E-state index is 12.7. The van der Waals surface area contributed by atoms with E-state index in [1.54, 1.807) is 6.20 Å². The van der Waals surface area contributed by atoms with Gasteiger partial charge in [0.15, 0.2) is 0 Å². The van der Waals surface area contributed by atoms with Crippen LogP contribution in [0.2, 0.25) is 0 Å². The molecule has 1 aliphatic heterocycles. The Morgan fingerprint density at radius 1 is 1.08 bits per heavy atom. The first-order valence-electron chi connectivity index (χ1n) is 8.29. The first-order valence-corrected chi connectivity index (χ1v) is 8.29. The minimum absolute atomic E-state index is 0.0804. The molecular formula is C20H19N3O. The van der Waals surface area contributed by atoms with Crippen LogP contribution in [0, 0.1) is 0 Å². The van der Waals surface area contributed by atoms with Gasteiger partial charge in [-0.05, 0) is 35.9 Å². The zero-order chi connectivity index (χ0) is 16.4. The van der Waals surface area contributed by atoms with E-state index in [0.717, 1.165) is 41.7 Å². The number of aryl methyl sites for hydroxylation is 1. The van der Waals surface area contributed by atoms with E-state index in [0.29, 0.717) is 0 Å². The maximum Gasteiger partial charge on any atom is 0.246 e. The van der Waals surface area contributed by atoms with E-state index in [2.05, 4.69) is 16.4 Å². The Bertz CT molecular complexity index is 885. The minimum atomic E-state index is 0.0804. The topological polar surface area (TPSA) is 45.2 Å². The highest BCUT2D eigenvalue weighted by Gasteiger charge is 2.21. The van der Waals surface area contributed by atoms with E-state index >= 15 is 0 Å². The van der Waals surface area contributed by atoms with Crippen LogP contribution in [0.15, 0.2) is 60.8 Å². The number of rotatable bonds is 3. The highest BCUT2D eigenvalue weighted by Crippen LogP contribution is 2.27. The molecule has 0 saturated heterocycles. The monoisotopic (exact) mass is 317 g/mol. The molecule has 4 heteroatoms. The molecule has 4 nitrogen and oxygen atoms in total. The summed E-state index contributed by atoms with van der Waals surface area (Å²) in [5.41, 5.74) is 2.29. The number of carbonyl (C=O) groups excluding carboxylic acids is 1. The molecule has 120 valence electrons. The summed E-state index contributed by atoms with van der Waals surface area (Å²) < 4.78 is 0. The Hall–Kier alpha value is -2.88. The average molecular weight is 317 g/mol. The predicted octanol–water partition coefficient (Wildman–Crippen LogP) is 3.63. The summed E-state index contributed by atoms with van der Waals surface area (Å²) in [7, 11) is 0. The zero-order valence-electron chi connectivity index (χ0n) is 13.4. The molecule has 1 amide bonds. The van der Waals surface area contributed by atoms with E-state index < -0.39 is 0 Å². The van der Waals surface area contributed by atoms with Gasteiger partial charge in [-0.25, -0.2) is 4.98 Å². The van der Waals surface area contributed by atoms with Gasteiger partial charge in [-0.15, -0.1) is 0 Å². The predicted molar refractivity (Wildman–Crippen MR) is 97.3 cm³/mol. The van der Waals surface area contributed by atoms with Crippen LogP contribution in [0.5, 0.6) is 0 Å². The van der Waals surface area contributed by atoms with Gasteiger partial charge >= 0.3 is 0 Å². The quantitative estimate of drug-likeness (QED) is 0.802. The number of para-hydroxylation sites is 1. The smallest absolute Gasteiger partial charge is 0.246 e. The highest BCUT2D eigenvalue weighted by atomic mass is 16.2. The van der Waals surface area contributed by atoms with Crippen LogP contribution in [0.25, 0.3) is 10.8 Å². The number of hydrogen-bond donors (Lipinski definition) is 1. The maximum atomic E-state index is 12.7. The number of pyridine rings is 1. The van der Waals surface area contributed by atoms with E-state index in [9.17, 15) is 4.79 Å². The van der Waals surface area contributed by atoms with Crippen LogP contribution in [-0.4, -0.2) is 24.0 Å². The standard InChI is InChI=1S/C20H19N3O/c24-19(23-13-5-8-16-7-2-4-10-18(16)23)14-22-20-17-9-3-1-6-15(17)11-12-21-20/h1-4,6-7,9-12H,5,8,13-14H2,(H,21,22). The number of benzene rings is 2. The van der Waals surface area contributed by atoms with Crippen LogP contribution < -0.4 is 10.2 Å². The van der Waals surface area contributed by atoms with Crippen LogP contribution in [-0.2, 0) is 11.2 Å². The molecule has 24 heavy (non-hydrogen) atoms. The lowest BCUT2D eigenvalue weighted by molar-refractivity contribution is -0.117. The van der Waals surface area contributed by atoms with Crippen molar-refractivity contribution in [1.82, 2.24) is 4.98 Å². The van der Waals surface area contributed by atoms with Crippen LogP contribution in [0.3, 0.4) is 0 Å². The molecule has 0 atom stereocenters. The molecule has 0 radical (unpaired) electrons. The summed E-state index contributed by atoms with van der Waals surface area (Å²) in [5, 5.41) is 5.36. The molecule has 1 aliphatic rings. The molecule has 0 spiro atoms. The third-order valence-corrected chi connectivity index (χ3v) is 4.49. The average Bonchev–Trinajstić information content (AvgIpc) is 2.65. The fourth-order valence-electron chi connectivity index (χ4n) is 3.31. The van der Waals surface area contributed by atoms with E-state index in [1.807, 2.05) is 53.4 Å². The summed E-state index contributed by atoms with van der Waals surface area (Å²) in [6.45, 7) is 1.02. The summed E-state index contributed by atoms with van der Waals surface area (Å²) in [6.07, 6.45) is 3.82. The molecule has 0 aliphatic carbocycles. The summed E-state index contributed by atoms with van der Waals surface area (Å²) >= 11 is 0. The fourth-order valence-corrected chi connectivity index (χ4v) is 3.31. The Morgan fingerprint density at radius 3 is 2.88 bits per heavy atom. The molecule has 2 heterocycles. The van der Waals surface area contributed by atoms with E-state index in [1.165, 1.54) is 5.56 Å². The number of nitrogens with one attached hydrogen (secondary N) is 1. The van der Waals surface area contributed by atoms with Crippen molar-refractivity contribution in [2.75, 3.05) is 23.3 Å². The van der Waals surface area contributed by atoms with Gasteiger partial charge in [0.05, 0.1) is 6.54 Å². The van der Waals surface area contributed by atoms with Gasteiger partial charge in [0.2, 0.25) is 5.91 Å². The first kappa shape index (κ1) is 14.7. The van der Waals surface area contributed by atoms with Crippen molar-refractivity contribution >= 4 is 28.2 Å². The minimum Gasteiger partial charge on any atom is -0.360 e. The number of carbonyl (C=O) groups is 1. The summed E-state index contributed by atoms with van der Waals surface area (Å²) in [6, 6.07) is 18.2. The second-order valence-electron chi connectivity index (χ2n) is 6.01. The van der Waals surface area contributed by atoms with Crippen molar-refractivity contribution in [2.45, 2.75) is 12.8 Å². The number of fused-ring (bicyclic) bond motifs is 2. The van der Waals surface area contributed by atoms with E-state index in [4.69, 9.17) is 0 Å². The van der Waals surface area contributed by atoms with Gasteiger partial charge in [0.25, 0.3) is 0 Å². The second kappa shape index (κ2) is 6.32. The molecule has 3 aromatic rings. The SMILES string of the molecule is O=C(CNc1nccc2ccccc12)N1CCCc2ccccc21. The zero-order valence-corrected chi connectivity index (χ0v) is 13.4. The third-order valence-electron chi connectivity index (χ3n) is 4.49. The van der Waals surface area contributed by atoms with Gasteiger partial charge in [-0.1, -0.05) is 42.5 Å². The van der Waals surface area contributed by atoms with Crippen molar-refractivity contribution in [3.63, 3.8) is 0 Å². The number of nitrogens with zero attached hydrogens (tertiary/aromatic N) is 2.